The maximum absolute atomic E-state index is 7.09. The predicted molar refractivity (Wildman–Crippen MR) is 6.50 cm³/mol. The predicted octanol–water partition coefficient (Wildman–Crippen LogP) is -1.48. The zero-order chi connectivity index (χ0) is 4.00. The second kappa shape index (κ2) is 133. The van der Waals surface area contributed by atoms with Crippen LogP contribution in [-0.4, -0.2) is 6.37 Å². The Morgan fingerprint density at radius 3 is 0.571 bits per heavy atom. The van der Waals surface area contributed by atoms with Crippen LogP contribution < -0.4 is 0 Å². The van der Waals surface area contributed by atoms with Gasteiger partial charge in [0.15, 0.2) is 0 Å². The van der Waals surface area contributed by atoms with Gasteiger partial charge in [-0.3, -0.25) is 0 Å². The van der Waals surface area contributed by atoms with E-state index in [1.807, 2.05) is 0 Å². The molecule has 0 atom stereocenters. The van der Waals surface area contributed by atoms with Crippen LogP contribution in [0.2, 0.25) is 0 Å². The third-order valence-corrected chi connectivity index (χ3v) is 0. The van der Waals surface area contributed by atoms with Gasteiger partial charge >= 0.3 is 56.7 Å². The topological polar surface area (TPSA) is 126 Å². The first kappa shape index (κ1) is 38.6. The molecule has 5 nitrogen and oxygen atoms in total. The Labute approximate surface area is 72.6 Å². The molecule has 0 bridgehead atoms. The molecule has 0 amide bonds. The Kier molecular flexibility index (Phi) is 733. The fourth-order valence-corrected chi connectivity index (χ4v) is 0. The molecule has 0 saturated carbocycles. The molecule has 0 saturated heterocycles. The monoisotopic (exact) mass is 262 g/mol. The summed E-state index contributed by atoms with van der Waals surface area (Å²) in [6, 6.07) is 0. The van der Waals surface area contributed by atoms with Crippen LogP contribution in [0.15, 0.2) is 0 Å². The Balaban J connectivity index is -0.00000000267. The Morgan fingerprint density at radius 1 is 0.571 bits per heavy atom. The number of rotatable bonds is 0. The van der Waals surface area contributed by atoms with Crippen LogP contribution in [-0.2, 0) is 66.7 Å². The zero-order valence-electron chi connectivity index (χ0n) is 3.12. The summed E-state index contributed by atoms with van der Waals surface area (Å²) < 4.78 is 14.2. The summed E-state index contributed by atoms with van der Waals surface area (Å²) in [4.78, 5) is 0. The molecule has 0 aromatic carbocycles. The van der Waals surface area contributed by atoms with E-state index < -0.39 is 0 Å². The molecular formula is H2O5Zr2. The first-order valence-electron chi connectivity index (χ1n) is 0.447. The van der Waals surface area contributed by atoms with E-state index in [9.17, 15) is 0 Å². The molecule has 0 aliphatic heterocycles. The molecule has 0 unspecified atom stereocenters. The van der Waals surface area contributed by atoms with E-state index in [4.69, 9.17) is 6.37 Å². The van der Waals surface area contributed by atoms with E-state index in [1.165, 1.54) is 0 Å². The van der Waals surface area contributed by atoms with Gasteiger partial charge in [-0.15, -0.1) is 0 Å². The van der Waals surface area contributed by atoms with Gasteiger partial charge in [-0.05, 0) is 0 Å². The summed E-state index contributed by atoms with van der Waals surface area (Å²) in [5, 5.41) is 0. The molecule has 0 aromatic heterocycles. The quantitative estimate of drug-likeness (QED) is 0.554. The normalized spacial score (nSPS) is 2.00. The first-order valence-corrected chi connectivity index (χ1v) is 2.65. The van der Waals surface area contributed by atoms with Crippen LogP contribution in [0.4, 0.5) is 0 Å². The van der Waals surface area contributed by atoms with Crippen molar-refractivity contribution < 1.29 is 73.1 Å². The van der Waals surface area contributed by atoms with Gasteiger partial charge < -0.3 is 16.4 Å². The minimum absolute atomic E-state index is 0. The Bertz CT molecular complexity index is 6.04. The van der Waals surface area contributed by atoms with E-state index in [1.54, 1.807) is 0 Å². The number of hydrogen-bond donors (Lipinski definition) is 2. The van der Waals surface area contributed by atoms with Crippen molar-refractivity contribution >= 4 is 0 Å². The van der Waals surface area contributed by atoms with E-state index in [-0.39, 0.29) is 16.4 Å². The van der Waals surface area contributed by atoms with E-state index >= 15 is 0 Å². The van der Waals surface area contributed by atoms with E-state index in [0.717, 1.165) is 0 Å². The van der Waals surface area contributed by atoms with Crippen LogP contribution in [0.3, 0.4) is 0 Å². The van der Waals surface area contributed by atoms with Crippen molar-refractivity contribution in [3.8, 4) is 0 Å². The van der Waals surface area contributed by atoms with Gasteiger partial charge in [-0.1, -0.05) is 0 Å². The maximum atomic E-state index is 7.09. The van der Waals surface area contributed by atoms with Gasteiger partial charge in [0.2, 0.25) is 0 Å². The molecule has 40 valence electrons. The minimum atomic E-state index is 0. The standard InChI is InChI=1S/2H2O.3O.2Zr/h2*1H2;;;;;/q;;3*-2;2*+4/p-2. The van der Waals surface area contributed by atoms with Gasteiger partial charge in [-0.25, -0.2) is 0 Å². The molecule has 7 heteroatoms. The second-order valence-electron chi connectivity index (χ2n) is 0. The summed E-state index contributed by atoms with van der Waals surface area (Å²) in [5.74, 6) is 0. The molecule has 0 aliphatic carbocycles. The van der Waals surface area contributed by atoms with E-state index in [2.05, 4.69) is 0 Å². The molecule has 0 fully saturated rings. The molecular weight excluding hydrogens is 262 g/mol. The Hall–Kier alpha value is 1.57. The van der Waals surface area contributed by atoms with Gasteiger partial charge in [-0.2, -0.15) is 0 Å². The first-order chi connectivity index (χ1) is 2.00. The summed E-state index contributed by atoms with van der Waals surface area (Å²) in [6.45, 7) is 0. The van der Waals surface area contributed by atoms with Crippen LogP contribution in [0.25, 0.3) is 0 Å². The van der Waals surface area contributed by atoms with E-state index in [0.29, 0.717) is 50.3 Å². The van der Waals surface area contributed by atoms with Crippen molar-refractivity contribution in [2.75, 3.05) is 0 Å². The van der Waals surface area contributed by atoms with Gasteiger partial charge in [0, 0.05) is 0 Å². The average molecular weight is 264 g/mol. The molecule has 0 aromatic rings. The zero-order valence-corrected chi connectivity index (χ0v) is 8.04. The van der Waals surface area contributed by atoms with Crippen molar-refractivity contribution in [1.29, 1.82) is 0 Å². The Morgan fingerprint density at radius 2 is 0.571 bits per heavy atom. The van der Waals surface area contributed by atoms with Crippen LogP contribution in [0.1, 0.15) is 0 Å². The fourth-order valence-electron chi connectivity index (χ4n) is 0. The van der Waals surface area contributed by atoms with Crippen molar-refractivity contribution in [2.45, 2.75) is 0 Å². The van der Waals surface area contributed by atoms with Crippen molar-refractivity contribution in [3.63, 3.8) is 0 Å². The summed E-state index contributed by atoms with van der Waals surface area (Å²) in [6.07, 6.45) is 0. The van der Waals surface area contributed by atoms with Crippen LogP contribution >= 0.6 is 0 Å². The SMILES string of the molecule is [O-2].[O-2].[O-2].[OH][Zr+3].[OH][Zr+3]. The van der Waals surface area contributed by atoms with Gasteiger partial charge in [0.05, 0.1) is 0 Å². The molecule has 0 radical (unpaired) electrons. The molecule has 0 spiro atoms. The van der Waals surface area contributed by atoms with Crippen molar-refractivity contribution in [1.82, 2.24) is 0 Å². The summed E-state index contributed by atoms with van der Waals surface area (Å²) in [7, 11) is 0. The molecule has 2 N–H and O–H groups in total. The molecule has 0 rings (SSSR count). The van der Waals surface area contributed by atoms with Crippen molar-refractivity contribution in [3.05, 3.63) is 0 Å². The fraction of sp³-hybridized carbons (Fsp3) is 0. The second-order valence-corrected chi connectivity index (χ2v) is 0. The third kappa shape index (κ3) is 95.6. The van der Waals surface area contributed by atoms with Crippen molar-refractivity contribution in [2.24, 2.45) is 0 Å². The molecule has 0 heterocycles. The third-order valence-electron chi connectivity index (χ3n) is 0. The van der Waals surface area contributed by atoms with Crippen LogP contribution in [0, 0.1) is 0 Å². The molecule has 7 heavy (non-hydrogen) atoms. The van der Waals surface area contributed by atoms with Gasteiger partial charge in [0.25, 0.3) is 0 Å². The summed E-state index contributed by atoms with van der Waals surface area (Å²) >= 11 is 1.10. The molecule has 0 aliphatic rings. The van der Waals surface area contributed by atoms with Crippen LogP contribution in [0.5, 0.6) is 0 Å². The number of hydrogen-bond acceptors (Lipinski definition) is 2. The van der Waals surface area contributed by atoms with Gasteiger partial charge in [0.1, 0.15) is 0 Å². The summed E-state index contributed by atoms with van der Waals surface area (Å²) in [5.41, 5.74) is 0. The average Bonchev–Trinajstić information content (AvgIpc) is 1.50.